The van der Waals surface area contributed by atoms with Crippen molar-refractivity contribution in [2.24, 2.45) is 0 Å². The molecule has 128 valence electrons. The quantitative estimate of drug-likeness (QED) is 0.819. The van der Waals surface area contributed by atoms with Gasteiger partial charge < -0.3 is 15.0 Å². The first-order valence-corrected chi connectivity index (χ1v) is 9.21. The van der Waals surface area contributed by atoms with E-state index in [1.54, 1.807) is 19.1 Å². The highest BCUT2D eigenvalue weighted by Crippen LogP contribution is 2.31. The molecule has 1 atom stereocenters. The maximum absolute atomic E-state index is 13.2. The van der Waals surface area contributed by atoms with E-state index in [1.807, 2.05) is 0 Å². The number of carbonyl (C=O) groups excluding carboxylic acids is 1. The third kappa shape index (κ3) is 4.43. The number of nitrogens with zero attached hydrogens (tertiary/aromatic N) is 3. The first-order valence-electron chi connectivity index (χ1n) is 7.51. The number of thioether (sulfide) groups is 1. The van der Waals surface area contributed by atoms with Crippen molar-refractivity contribution < 1.29 is 13.9 Å². The highest BCUT2D eigenvalue weighted by Gasteiger charge is 2.20. The van der Waals surface area contributed by atoms with Crippen molar-refractivity contribution in [1.29, 1.82) is 0 Å². The van der Waals surface area contributed by atoms with Gasteiger partial charge in [0, 0.05) is 18.8 Å². The van der Waals surface area contributed by atoms with Crippen LogP contribution in [0, 0.1) is 5.82 Å². The molecule has 6 nitrogen and oxygen atoms in total. The zero-order valence-corrected chi connectivity index (χ0v) is 14.7. The topological polar surface area (TPSA) is 67.3 Å². The van der Waals surface area contributed by atoms with Crippen LogP contribution in [0.5, 0.6) is 0 Å². The van der Waals surface area contributed by atoms with E-state index in [1.165, 1.54) is 35.2 Å². The van der Waals surface area contributed by atoms with E-state index in [-0.39, 0.29) is 17.0 Å². The molecule has 24 heavy (non-hydrogen) atoms. The normalized spacial score (nSPS) is 16.0. The van der Waals surface area contributed by atoms with E-state index >= 15 is 0 Å². The highest BCUT2D eigenvalue weighted by molar-refractivity contribution is 8.02. The summed E-state index contributed by atoms with van der Waals surface area (Å²) >= 11 is 2.81. The summed E-state index contributed by atoms with van der Waals surface area (Å²) in [5.41, 5.74) is 0.443. The number of aromatic nitrogens is 2. The van der Waals surface area contributed by atoms with Crippen LogP contribution in [0.15, 0.2) is 28.6 Å². The van der Waals surface area contributed by atoms with Crippen LogP contribution in [0.3, 0.4) is 0 Å². The Bertz CT molecular complexity index is 706. The molecule has 1 unspecified atom stereocenters. The van der Waals surface area contributed by atoms with Crippen LogP contribution < -0.4 is 10.2 Å². The summed E-state index contributed by atoms with van der Waals surface area (Å²) in [5.74, 6) is -0.582. The van der Waals surface area contributed by atoms with Crippen molar-refractivity contribution in [2.45, 2.75) is 16.5 Å². The Morgan fingerprint density at radius 3 is 2.96 bits per heavy atom. The first-order chi connectivity index (χ1) is 11.6. The van der Waals surface area contributed by atoms with Gasteiger partial charge in [-0.3, -0.25) is 4.79 Å². The minimum atomic E-state index is -0.382. The van der Waals surface area contributed by atoms with Crippen molar-refractivity contribution in [3.63, 3.8) is 0 Å². The number of hydrogen-bond acceptors (Lipinski definition) is 7. The molecule has 1 aromatic heterocycles. The van der Waals surface area contributed by atoms with Crippen LogP contribution in [-0.2, 0) is 9.53 Å². The molecule has 0 aliphatic carbocycles. The fraction of sp³-hybridized carbons (Fsp3) is 0.400. The monoisotopic (exact) mass is 368 g/mol. The molecular weight excluding hydrogens is 351 g/mol. The molecule has 1 N–H and O–H groups in total. The molecule has 1 saturated heterocycles. The minimum absolute atomic E-state index is 0.200. The lowest BCUT2D eigenvalue weighted by molar-refractivity contribution is -0.115. The molecule has 1 amide bonds. The van der Waals surface area contributed by atoms with E-state index in [4.69, 9.17) is 4.74 Å². The summed E-state index contributed by atoms with van der Waals surface area (Å²) in [5, 5.41) is 11.5. The molecule has 2 heterocycles. The number of anilines is 2. The fourth-order valence-corrected chi connectivity index (χ4v) is 4.18. The van der Waals surface area contributed by atoms with Gasteiger partial charge in [0.25, 0.3) is 0 Å². The lowest BCUT2D eigenvalue weighted by atomic mass is 10.3. The summed E-state index contributed by atoms with van der Waals surface area (Å²) in [6.07, 6.45) is 0. The Labute approximate surface area is 147 Å². The number of amides is 1. The van der Waals surface area contributed by atoms with Crippen molar-refractivity contribution >= 4 is 39.8 Å². The van der Waals surface area contributed by atoms with Gasteiger partial charge in [-0.1, -0.05) is 29.2 Å². The predicted molar refractivity (Wildman–Crippen MR) is 93.3 cm³/mol. The fourth-order valence-electron chi connectivity index (χ4n) is 2.15. The van der Waals surface area contributed by atoms with Gasteiger partial charge in [-0.05, 0) is 25.1 Å². The average molecular weight is 368 g/mol. The van der Waals surface area contributed by atoms with Gasteiger partial charge in [-0.2, -0.15) is 0 Å². The number of rotatable bonds is 5. The van der Waals surface area contributed by atoms with E-state index in [0.29, 0.717) is 18.9 Å². The third-order valence-corrected chi connectivity index (χ3v) is 5.58. The molecule has 1 aromatic carbocycles. The molecule has 9 heteroatoms. The Hall–Kier alpha value is -1.71. The second-order valence-corrected chi connectivity index (χ2v) is 7.75. The van der Waals surface area contributed by atoms with E-state index in [9.17, 15) is 9.18 Å². The summed E-state index contributed by atoms with van der Waals surface area (Å²) in [6, 6.07) is 5.83. The Kier molecular flexibility index (Phi) is 5.64. The Balaban J connectivity index is 1.57. The molecule has 0 spiro atoms. The smallest absolute Gasteiger partial charge is 0.237 e. The van der Waals surface area contributed by atoms with Gasteiger partial charge in [0.1, 0.15) is 5.82 Å². The van der Waals surface area contributed by atoms with Gasteiger partial charge in [0.2, 0.25) is 11.0 Å². The number of carbonyl (C=O) groups is 1. The number of nitrogens with one attached hydrogen (secondary N) is 1. The Morgan fingerprint density at radius 2 is 2.21 bits per heavy atom. The zero-order chi connectivity index (χ0) is 16.9. The van der Waals surface area contributed by atoms with E-state index in [2.05, 4.69) is 20.4 Å². The second-order valence-electron chi connectivity index (χ2n) is 5.21. The average Bonchev–Trinajstić information content (AvgIpc) is 3.04. The molecule has 3 rings (SSSR count). The lowest BCUT2D eigenvalue weighted by Crippen LogP contribution is -2.36. The molecule has 1 fully saturated rings. The molecule has 0 bridgehead atoms. The highest BCUT2D eigenvalue weighted by atomic mass is 32.2. The van der Waals surface area contributed by atoms with Gasteiger partial charge in [0.05, 0.1) is 18.5 Å². The number of morpholine rings is 1. The second kappa shape index (κ2) is 7.91. The first kappa shape index (κ1) is 17.1. The van der Waals surface area contributed by atoms with Crippen molar-refractivity contribution in [1.82, 2.24) is 10.2 Å². The van der Waals surface area contributed by atoms with Crippen LogP contribution in [0.2, 0.25) is 0 Å². The number of ether oxygens (including phenoxy) is 1. The van der Waals surface area contributed by atoms with Gasteiger partial charge in [-0.15, -0.1) is 10.2 Å². The maximum atomic E-state index is 13.2. The van der Waals surface area contributed by atoms with Crippen molar-refractivity contribution in [2.75, 3.05) is 36.5 Å². The molecule has 1 aliphatic rings. The molecular formula is C15H17FN4O2S2. The third-order valence-electron chi connectivity index (χ3n) is 3.42. The standard InChI is InChI=1S/C15H17FN4O2S2/c1-10(13(21)17-12-4-2-3-11(16)9-12)23-15-19-18-14(24-15)20-5-7-22-8-6-20/h2-4,9-10H,5-8H2,1H3,(H,17,21). The lowest BCUT2D eigenvalue weighted by Gasteiger charge is -2.25. The summed E-state index contributed by atoms with van der Waals surface area (Å²) in [6.45, 7) is 4.77. The van der Waals surface area contributed by atoms with Crippen LogP contribution in [0.1, 0.15) is 6.92 Å². The summed E-state index contributed by atoms with van der Waals surface area (Å²) in [4.78, 5) is 14.3. The largest absolute Gasteiger partial charge is 0.378 e. The Morgan fingerprint density at radius 1 is 1.42 bits per heavy atom. The number of hydrogen-bond donors (Lipinski definition) is 1. The molecule has 0 radical (unpaired) electrons. The SMILES string of the molecule is CC(Sc1nnc(N2CCOCC2)s1)C(=O)Nc1cccc(F)c1. The van der Waals surface area contributed by atoms with Crippen LogP contribution in [-0.4, -0.2) is 47.7 Å². The van der Waals surface area contributed by atoms with Crippen LogP contribution in [0.4, 0.5) is 15.2 Å². The maximum Gasteiger partial charge on any atom is 0.237 e. The molecule has 0 saturated carbocycles. The van der Waals surface area contributed by atoms with Crippen molar-refractivity contribution in [3.05, 3.63) is 30.1 Å². The number of benzene rings is 1. The summed E-state index contributed by atoms with van der Waals surface area (Å²) < 4.78 is 19.2. The van der Waals surface area contributed by atoms with Crippen LogP contribution in [0.25, 0.3) is 0 Å². The zero-order valence-electron chi connectivity index (χ0n) is 13.1. The van der Waals surface area contributed by atoms with Gasteiger partial charge in [0.15, 0.2) is 4.34 Å². The predicted octanol–water partition coefficient (Wildman–Crippen LogP) is 2.63. The molecule has 1 aliphatic heterocycles. The van der Waals surface area contributed by atoms with E-state index < -0.39 is 0 Å². The van der Waals surface area contributed by atoms with Gasteiger partial charge in [-0.25, -0.2) is 4.39 Å². The van der Waals surface area contributed by atoms with E-state index in [0.717, 1.165) is 22.6 Å². The number of halogens is 1. The summed E-state index contributed by atoms with van der Waals surface area (Å²) in [7, 11) is 0. The van der Waals surface area contributed by atoms with Crippen LogP contribution >= 0.6 is 23.1 Å². The molecule has 2 aromatic rings. The van der Waals surface area contributed by atoms with Gasteiger partial charge >= 0.3 is 0 Å². The van der Waals surface area contributed by atoms with Crippen molar-refractivity contribution in [3.8, 4) is 0 Å². The minimum Gasteiger partial charge on any atom is -0.378 e.